The maximum atomic E-state index is 12.7. The summed E-state index contributed by atoms with van der Waals surface area (Å²) in [6, 6.07) is 2.16. The number of thiazole rings is 1. The zero-order chi connectivity index (χ0) is 14.7. The summed E-state index contributed by atoms with van der Waals surface area (Å²) in [5, 5.41) is 5.29. The van der Waals surface area contributed by atoms with Crippen molar-refractivity contribution in [3.8, 4) is 0 Å². The van der Waals surface area contributed by atoms with Crippen LogP contribution in [-0.2, 0) is 13.0 Å². The van der Waals surface area contributed by atoms with Gasteiger partial charge in [-0.2, -0.15) is 5.10 Å². The molecule has 5 nitrogen and oxygen atoms in total. The van der Waals surface area contributed by atoms with Gasteiger partial charge in [-0.3, -0.25) is 9.48 Å². The highest BCUT2D eigenvalue weighted by molar-refractivity contribution is 7.13. The van der Waals surface area contributed by atoms with Crippen LogP contribution in [0.5, 0.6) is 0 Å². The molecule has 0 bridgehead atoms. The Morgan fingerprint density at radius 1 is 1.48 bits per heavy atom. The number of aromatic nitrogens is 3. The minimum absolute atomic E-state index is 0.129. The lowest BCUT2D eigenvalue weighted by Crippen LogP contribution is -2.45. The number of carbonyl (C=O) groups excluding carboxylic acids is 1. The maximum absolute atomic E-state index is 12.7. The van der Waals surface area contributed by atoms with Crippen LogP contribution in [0.25, 0.3) is 0 Å². The molecule has 0 saturated carbocycles. The van der Waals surface area contributed by atoms with Crippen LogP contribution < -0.4 is 0 Å². The molecule has 21 heavy (non-hydrogen) atoms. The van der Waals surface area contributed by atoms with Gasteiger partial charge in [-0.1, -0.05) is 6.92 Å². The summed E-state index contributed by atoms with van der Waals surface area (Å²) in [6.07, 6.45) is 9.66. The zero-order valence-electron chi connectivity index (χ0n) is 12.2. The summed E-state index contributed by atoms with van der Waals surface area (Å²) < 4.78 is 1.92. The second kappa shape index (κ2) is 6.39. The highest BCUT2D eigenvalue weighted by Gasteiger charge is 2.28. The van der Waals surface area contributed by atoms with Crippen molar-refractivity contribution in [2.45, 2.75) is 45.2 Å². The average Bonchev–Trinajstić information content (AvgIpc) is 3.18. The number of rotatable bonds is 4. The summed E-state index contributed by atoms with van der Waals surface area (Å²) in [7, 11) is 0. The van der Waals surface area contributed by atoms with Gasteiger partial charge in [0.15, 0.2) is 0 Å². The fourth-order valence-corrected chi connectivity index (χ4v) is 3.61. The number of hydrogen-bond donors (Lipinski definition) is 0. The zero-order valence-corrected chi connectivity index (χ0v) is 13.1. The molecule has 6 heteroatoms. The molecule has 1 aliphatic heterocycles. The molecule has 2 aromatic heterocycles. The Kier molecular flexibility index (Phi) is 4.34. The molecule has 3 heterocycles. The molecule has 1 aliphatic rings. The minimum Gasteiger partial charge on any atom is -0.333 e. The first-order valence-corrected chi connectivity index (χ1v) is 8.32. The standard InChI is InChI=1S/C15H20N4OS/c1-2-14-16-10-13(21-14)15(20)19-9-4-3-6-12(19)11-18-8-5-7-17-18/h5,7-8,10,12H,2-4,6,9,11H2,1H3/t12-/m1/s1. The Morgan fingerprint density at radius 2 is 2.38 bits per heavy atom. The Balaban J connectivity index is 1.75. The van der Waals surface area contributed by atoms with E-state index in [4.69, 9.17) is 0 Å². The largest absolute Gasteiger partial charge is 0.333 e. The van der Waals surface area contributed by atoms with E-state index in [2.05, 4.69) is 17.0 Å². The number of piperidine rings is 1. The lowest BCUT2D eigenvalue weighted by molar-refractivity contribution is 0.0588. The van der Waals surface area contributed by atoms with Gasteiger partial charge in [0.2, 0.25) is 0 Å². The molecule has 0 aromatic carbocycles. The minimum atomic E-state index is 0.129. The molecular formula is C15H20N4OS. The molecular weight excluding hydrogens is 284 g/mol. The van der Waals surface area contributed by atoms with Gasteiger partial charge in [-0.25, -0.2) is 4.98 Å². The highest BCUT2D eigenvalue weighted by atomic mass is 32.1. The Labute approximate surface area is 128 Å². The van der Waals surface area contributed by atoms with E-state index in [1.165, 1.54) is 17.8 Å². The third kappa shape index (κ3) is 3.15. The van der Waals surface area contributed by atoms with Crippen molar-refractivity contribution in [2.75, 3.05) is 6.54 Å². The molecule has 1 atom stereocenters. The Hall–Kier alpha value is -1.69. The van der Waals surface area contributed by atoms with Crippen LogP contribution in [0.4, 0.5) is 0 Å². The number of amides is 1. The van der Waals surface area contributed by atoms with E-state index in [1.54, 1.807) is 12.4 Å². The maximum Gasteiger partial charge on any atom is 0.265 e. The fraction of sp³-hybridized carbons (Fsp3) is 0.533. The molecule has 3 rings (SSSR count). The second-order valence-electron chi connectivity index (χ2n) is 5.35. The van der Waals surface area contributed by atoms with Crippen molar-refractivity contribution in [3.05, 3.63) is 34.5 Å². The van der Waals surface area contributed by atoms with E-state index in [-0.39, 0.29) is 11.9 Å². The van der Waals surface area contributed by atoms with Crippen molar-refractivity contribution in [3.63, 3.8) is 0 Å². The molecule has 1 amide bonds. The van der Waals surface area contributed by atoms with E-state index in [1.807, 2.05) is 21.8 Å². The van der Waals surface area contributed by atoms with Gasteiger partial charge >= 0.3 is 0 Å². The van der Waals surface area contributed by atoms with Gasteiger partial charge in [0.25, 0.3) is 5.91 Å². The van der Waals surface area contributed by atoms with Crippen LogP contribution in [0.1, 0.15) is 40.9 Å². The van der Waals surface area contributed by atoms with Crippen LogP contribution >= 0.6 is 11.3 Å². The summed E-state index contributed by atoms with van der Waals surface area (Å²) in [5.41, 5.74) is 0. The normalized spacial score (nSPS) is 18.9. The molecule has 0 N–H and O–H groups in total. The van der Waals surface area contributed by atoms with Crippen LogP contribution in [-0.4, -0.2) is 38.2 Å². The fourth-order valence-electron chi connectivity index (χ4n) is 2.80. The van der Waals surface area contributed by atoms with Gasteiger partial charge < -0.3 is 4.90 Å². The molecule has 1 saturated heterocycles. The van der Waals surface area contributed by atoms with Gasteiger partial charge in [-0.15, -0.1) is 11.3 Å². The third-order valence-corrected chi connectivity index (χ3v) is 5.04. The van der Waals surface area contributed by atoms with Crippen LogP contribution in [0.3, 0.4) is 0 Å². The molecule has 0 radical (unpaired) electrons. The van der Waals surface area contributed by atoms with Crippen LogP contribution in [0.2, 0.25) is 0 Å². The number of carbonyl (C=O) groups is 1. The summed E-state index contributed by atoms with van der Waals surface area (Å²) in [5.74, 6) is 0.129. The lowest BCUT2D eigenvalue weighted by atomic mass is 10.0. The second-order valence-corrected chi connectivity index (χ2v) is 6.46. The number of likely N-dealkylation sites (tertiary alicyclic amines) is 1. The van der Waals surface area contributed by atoms with Gasteiger partial charge in [0.1, 0.15) is 4.88 Å². The van der Waals surface area contributed by atoms with E-state index in [0.717, 1.165) is 42.2 Å². The Morgan fingerprint density at radius 3 is 3.10 bits per heavy atom. The predicted molar refractivity (Wildman–Crippen MR) is 82.4 cm³/mol. The van der Waals surface area contributed by atoms with E-state index < -0.39 is 0 Å². The van der Waals surface area contributed by atoms with Gasteiger partial charge in [0.05, 0.1) is 23.8 Å². The number of nitrogens with zero attached hydrogens (tertiary/aromatic N) is 4. The van der Waals surface area contributed by atoms with Crippen molar-refractivity contribution in [2.24, 2.45) is 0 Å². The van der Waals surface area contributed by atoms with E-state index >= 15 is 0 Å². The van der Waals surface area contributed by atoms with Crippen LogP contribution in [0.15, 0.2) is 24.7 Å². The predicted octanol–water partition coefficient (Wildman–Crippen LogP) is 2.60. The highest BCUT2D eigenvalue weighted by Crippen LogP contribution is 2.23. The third-order valence-electron chi connectivity index (χ3n) is 3.91. The first-order valence-electron chi connectivity index (χ1n) is 7.51. The van der Waals surface area contributed by atoms with E-state index in [9.17, 15) is 4.79 Å². The van der Waals surface area contributed by atoms with Crippen molar-refractivity contribution in [1.29, 1.82) is 0 Å². The SMILES string of the molecule is CCc1ncc(C(=O)N2CCCC[C@@H]2Cn2cccn2)s1. The van der Waals surface area contributed by atoms with Crippen molar-refractivity contribution in [1.82, 2.24) is 19.7 Å². The van der Waals surface area contributed by atoms with E-state index in [0.29, 0.717) is 0 Å². The number of hydrogen-bond acceptors (Lipinski definition) is 4. The topological polar surface area (TPSA) is 51.0 Å². The molecule has 1 fully saturated rings. The van der Waals surface area contributed by atoms with Gasteiger partial charge in [0, 0.05) is 18.9 Å². The first kappa shape index (κ1) is 14.3. The average molecular weight is 304 g/mol. The molecule has 112 valence electrons. The quantitative estimate of drug-likeness (QED) is 0.872. The Bertz CT molecular complexity index is 593. The van der Waals surface area contributed by atoms with Crippen molar-refractivity contribution < 1.29 is 4.79 Å². The molecule has 0 aliphatic carbocycles. The first-order chi connectivity index (χ1) is 10.3. The van der Waals surface area contributed by atoms with Crippen LogP contribution in [0, 0.1) is 0 Å². The van der Waals surface area contributed by atoms with Crippen molar-refractivity contribution >= 4 is 17.2 Å². The smallest absolute Gasteiger partial charge is 0.265 e. The van der Waals surface area contributed by atoms with Gasteiger partial charge in [-0.05, 0) is 31.7 Å². The summed E-state index contributed by atoms with van der Waals surface area (Å²) in [4.78, 5) is 19.8. The molecule has 0 spiro atoms. The monoisotopic (exact) mass is 304 g/mol. The molecule has 2 aromatic rings. The lowest BCUT2D eigenvalue weighted by Gasteiger charge is -2.35. The summed E-state index contributed by atoms with van der Waals surface area (Å²) >= 11 is 1.52. The summed E-state index contributed by atoms with van der Waals surface area (Å²) in [6.45, 7) is 3.68. The molecule has 0 unspecified atom stereocenters. The number of aryl methyl sites for hydroxylation is 1.